The normalized spacial score (nSPS) is 31.1. The first kappa shape index (κ1) is 15.3. The Labute approximate surface area is 131 Å². The van der Waals surface area contributed by atoms with Gasteiger partial charge in [-0.3, -0.25) is 0 Å². The lowest BCUT2D eigenvalue weighted by atomic mass is 9.74. The van der Waals surface area contributed by atoms with Crippen molar-refractivity contribution in [1.82, 2.24) is 13.9 Å². The minimum atomic E-state index is -3.60. The van der Waals surface area contributed by atoms with Crippen LogP contribution in [0.2, 0.25) is 5.15 Å². The summed E-state index contributed by atoms with van der Waals surface area (Å²) in [6.45, 7) is 2.83. The molecule has 1 aromatic rings. The Hall–Kier alpha value is -0.590. The van der Waals surface area contributed by atoms with E-state index in [1.165, 1.54) is 12.7 Å². The number of nitrogens with zero attached hydrogens (tertiary/aromatic N) is 3. The van der Waals surface area contributed by atoms with Crippen molar-refractivity contribution in [2.75, 3.05) is 6.54 Å². The van der Waals surface area contributed by atoms with E-state index in [1.54, 1.807) is 15.9 Å². The van der Waals surface area contributed by atoms with Gasteiger partial charge in [0.15, 0.2) is 0 Å². The van der Waals surface area contributed by atoms with Gasteiger partial charge in [-0.2, -0.15) is 4.31 Å². The summed E-state index contributed by atoms with van der Waals surface area (Å²) in [4.78, 5) is 4.02. The third-order valence-electron chi connectivity index (χ3n) is 5.07. The van der Waals surface area contributed by atoms with Crippen molar-refractivity contribution in [3.05, 3.63) is 11.5 Å². The van der Waals surface area contributed by atoms with Gasteiger partial charge in [0.05, 0.1) is 6.33 Å². The average Bonchev–Trinajstić information content (AvgIpc) is 2.80. The maximum atomic E-state index is 12.9. The Morgan fingerprint density at radius 1 is 1.29 bits per heavy atom. The quantitative estimate of drug-likeness (QED) is 0.837. The van der Waals surface area contributed by atoms with E-state index in [4.69, 9.17) is 11.6 Å². The molecular formula is C14H22ClN3O2S. The van der Waals surface area contributed by atoms with Crippen LogP contribution in [-0.2, 0) is 17.1 Å². The Morgan fingerprint density at radius 3 is 2.67 bits per heavy atom. The van der Waals surface area contributed by atoms with Gasteiger partial charge >= 0.3 is 0 Å². The maximum Gasteiger partial charge on any atom is 0.263 e. The first-order valence-electron chi connectivity index (χ1n) is 7.61. The van der Waals surface area contributed by atoms with Crippen LogP contribution in [0.3, 0.4) is 0 Å². The molecule has 118 valence electrons. The van der Waals surface area contributed by atoms with Crippen molar-refractivity contribution < 1.29 is 8.42 Å². The molecule has 2 aliphatic rings. The van der Waals surface area contributed by atoms with Crippen LogP contribution in [0, 0.1) is 11.8 Å². The molecule has 0 N–H and O–H groups in total. The number of rotatable bonds is 2. The van der Waals surface area contributed by atoms with E-state index in [0.29, 0.717) is 18.4 Å². The van der Waals surface area contributed by atoms with E-state index in [9.17, 15) is 8.42 Å². The summed E-state index contributed by atoms with van der Waals surface area (Å²) in [6, 6.07) is 0.116. The Bertz CT molecular complexity index is 628. The minimum absolute atomic E-state index is 0.00513. The molecule has 21 heavy (non-hydrogen) atoms. The Kier molecular flexibility index (Phi) is 4.05. The number of halogens is 1. The van der Waals surface area contributed by atoms with E-state index in [0.717, 1.165) is 25.7 Å². The highest BCUT2D eigenvalue weighted by molar-refractivity contribution is 7.89. The smallest absolute Gasteiger partial charge is 0.263 e. The van der Waals surface area contributed by atoms with Crippen LogP contribution in [0.1, 0.15) is 39.0 Å². The molecule has 0 aromatic carbocycles. The average molecular weight is 332 g/mol. The van der Waals surface area contributed by atoms with Gasteiger partial charge in [0.2, 0.25) is 5.03 Å². The molecule has 0 unspecified atom stereocenters. The third-order valence-corrected chi connectivity index (χ3v) is 7.49. The highest BCUT2D eigenvalue weighted by Gasteiger charge is 2.44. The topological polar surface area (TPSA) is 55.2 Å². The zero-order chi connectivity index (χ0) is 15.2. The lowest BCUT2D eigenvalue weighted by Crippen LogP contribution is -2.52. The summed E-state index contributed by atoms with van der Waals surface area (Å²) < 4.78 is 29.1. The highest BCUT2D eigenvalue weighted by Crippen LogP contribution is 2.41. The molecule has 2 heterocycles. The third kappa shape index (κ3) is 2.51. The summed E-state index contributed by atoms with van der Waals surface area (Å²) >= 11 is 6.11. The number of sulfonamides is 1. The Balaban J connectivity index is 1.96. The minimum Gasteiger partial charge on any atom is -0.324 e. The van der Waals surface area contributed by atoms with Gasteiger partial charge in [0.1, 0.15) is 5.15 Å². The van der Waals surface area contributed by atoms with Crippen LogP contribution < -0.4 is 0 Å². The number of aromatic nitrogens is 2. The summed E-state index contributed by atoms with van der Waals surface area (Å²) in [5.41, 5.74) is 0. The zero-order valence-electron chi connectivity index (χ0n) is 12.5. The number of aryl methyl sites for hydroxylation is 1. The van der Waals surface area contributed by atoms with Crippen molar-refractivity contribution in [1.29, 1.82) is 0 Å². The van der Waals surface area contributed by atoms with Crippen LogP contribution in [0.15, 0.2) is 11.4 Å². The van der Waals surface area contributed by atoms with E-state index in [2.05, 4.69) is 11.9 Å². The number of hydrogen-bond acceptors (Lipinski definition) is 3. The first-order valence-corrected chi connectivity index (χ1v) is 9.43. The van der Waals surface area contributed by atoms with Crippen LogP contribution in [-0.4, -0.2) is 34.9 Å². The molecule has 3 rings (SSSR count). The molecule has 0 amide bonds. The van der Waals surface area contributed by atoms with Crippen LogP contribution in [0.5, 0.6) is 0 Å². The number of hydrogen-bond donors (Lipinski definition) is 0. The fourth-order valence-corrected chi connectivity index (χ4v) is 5.96. The predicted molar refractivity (Wildman–Crippen MR) is 81.6 cm³/mol. The van der Waals surface area contributed by atoms with Crippen LogP contribution in [0.25, 0.3) is 0 Å². The van der Waals surface area contributed by atoms with Crippen molar-refractivity contribution in [3.63, 3.8) is 0 Å². The molecule has 3 atom stereocenters. The molecule has 1 saturated heterocycles. The summed E-state index contributed by atoms with van der Waals surface area (Å²) in [7, 11) is -1.89. The van der Waals surface area contributed by atoms with Crippen LogP contribution in [0.4, 0.5) is 0 Å². The van der Waals surface area contributed by atoms with Gasteiger partial charge in [-0.05, 0) is 31.1 Å². The van der Waals surface area contributed by atoms with Gasteiger partial charge in [-0.15, -0.1) is 0 Å². The number of imidazole rings is 1. The van der Waals surface area contributed by atoms with Crippen molar-refractivity contribution >= 4 is 21.6 Å². The lowest BCUT2D eigenvalue weighted by Gasteiger charge is -2.46. The van der Waals surface area contributed by atoms with Gasteiger partial charge in [0, 0.05) is 19.6 Å². The summed E-state index contributed by atoms with van der Waals surface area (Å²) in [5.74, 6) is 1.07. The molecule has 2 fully saturated rings. The molecule has 7 heteroatoms. The van der Waals surface area contributed by atoms with E-state index >= 15 is 0 Å². The lowest BCUT2D eigenvalue weighted by molar-refractivity contribution is 0.0825. The van der Waals surface area contributed by atoms with Crippen molar-refractivity contribution in [2.24, 2.45) is 18.9 Å². The predicted octanol–water partition coefficient (Wildman–Crippen LogP) is 2.66. The largest absolute Gasteiger partial charge is 0.324 e. The van der Waals surface area contributed by atoms with E-state index < -0.39 is 10.0 Å². The van der Waals surface area contributed by atoms with E-state index in [-0.39, 0.29) is 16.2 Å². The highest BCUT2D eigenvalue weighted by atomic mass is 35.5. The van der Waals surface area contributed by atoms with Gasteiger partial charge in [0.25, 0.3) is 10.0 Å². The molecule has 1 aromatic heterocycles. The number of piperidine rings is 1. The molecule has 0 spiro atoms. The maximum absolute atomic E-state index is 12.9. The molecule has 1 saturated carbocycles. The van der Waals surface area contributed by atoms with Crippen molar-refractivity contribution in [2.45, 2.75) is 50.1 Å². The summed E-state index contributed by atoms with van der Waals surface area (Å²) in [6.07, 6.45) is 6.79. The second-order valence-corrected chi connectivity index (χ2v) is 8.51. The fraction of sp³-hybridized carbons (Fsp3) is 0.786. The monoisotopic (exact) mass is 331 g/mol. The molecule has 0 radical (unpaired) electrons. The standard InChI is InChI=1S/C14H22ClN3O2S/c1-10-7-8-18(12-6-4-3-5-11(10)12)21(19,20)14-13(15)17(2)9-16-14/h9-12H,3-8H2,1-2H3/t10-,11+,12-/m1/s1. The molecule has 1 aliphatic carbocycles. The SMILES string of the molecule is C[C@@H]1CCN(S(=O)(=O)c2ncn(C)c2Cl)[C@@H]2CCCC[C@@H]12. The summed E-state index contributed by atoms with van der Waals surface area (Å²) in [5, 5.41) is 0.200. The Morgan fingerprint density at radius 2 is 2.00 bits per heavy atom. The van der Waals surface area contributed by atoms with Gasteiger partial charge < -0.3 is 4.57 Å². The van der Waals surface area contributed by atoms with Crippen LogP contribution >= 0.6 is 11.6 Å². The van der Waals surface area contributed by atoms with Gasteiger partial charge in [-0.25, -0.2) is 13.4 Å². The number of fused-ring (bicyclic) bond motifs is 1. The second kappa shape index (κ2) is 5.56. The van der Waals surface area contributed by atoms with Crippen molar-refractivity contribution in [3.8, 4) is 0 Å². The first-order chi connectivity index (χ1) is 9.93. The second-order valence-electron chi connectivity index (χ2n) is 6.35. The molecule has 0 bridgehead atoms. The molecule has 5 nitrogen and oxygen atoms in total. The van der Waals surface area contributed by atoms with Gasteiger partial charge in [-0.1, -0.05) is 31.4 Å². The van der Waals surface area contributed by atoms with E-state index in [1.807, 2.05) is 0 Å². The molecular weight excluding hydrogens is 310 g/mol. The fourth-order valence-electron chi connectivity index (χ4n) is 3.85. The molecule has 1 aliphatic heterocycles. The zero-order valence-corrected chi connectivity index (χ0v) is 14.1.